The molecule has 0 radical (unpaired) electrons. The van der Waals surface area contributed by atoms with Crippen LogP contribution < -0.4 is 10.6 Å². The number of unbranched alkanes of at least 4 members (excludes halogenated alkanes) is 3. The lowest BCUT2D eigenvalue weighted by Gasteiger charge is -2.18. The van der Waals surface area contributed by atoms with Crippen molar-refractivity contribution in [3.63, 3.8) is 0 Å². The first kappa shape index (κ1) is 20.0. The molecule has 0 bridgehead atoms. The van der Waals surface area contributed by atoms with Gasteiger partial charge < -0.3 is 15.2 Å². The van der Waals surface area contributed by atoms with Gasteiger partial charge >= 0.3 is 0 Å². The zero-order valence-corrected chi connectivity index (χ0v) is 14.9. The van der Waals surface area contributed by atoms with Gasteiger partial charge in [0, 0.05) is 12.3 Å². The highest BCUT2D eigenvalue weighted by atomic mass is 32.2. The predicted molar refractivity (Wildman–Crippen MR) is 98.8 cm³/mol. The Kier molecular flexibility index (Phi) is 11.7. The van der Waals surface area contributed by atoms with Crippen molar-refractivity contribution >= 4 is 17.9 Å². The molecule has 1 amide bonds. The van der Waals surface area contributed by atoms with Gasteiger partial charge in [-0.15, -0.1) is 0 Å². The standard InChI is InChI=1S/C18H30N2O2S/c1-2-3-4-8-12-20-18(21)17(19-13-9-14-23-22)15-16-10-6-5-7-11-16/h5-7,10-11,17,19,22H,2-4,8-9,12-15H2,1H3,(H,20,21). The molecule has 5 heteroatoms. The molecular formula is C18H30N2O2S. The van der Waals surface area contributed by atoms with Gasteiger partial charge in [0.2, 0.25) is 5.91 Å². The zero-order valence-electron chi connectivity index (χ0n) is 14.1. The molecule has 3 N–H and O–H groups in total. The monoisotopic (exact) mass is 338 g/mol. The minimum absolute atomic E-state index is 0.0713. The van der Waals surface area contributed by atoms with Crippen LogP contribution in [0.2, 0.25) is 0 Å². The van der Waals surface area contributed by atoms with Crippen LogP contribution in [0.3, 0.4) is 0 Å². The lowest BCUT2D eigenvalue weighted by atomic mass is 10.0. The molecule has 1 unspecified atom stereocenters. The van der Waals surface area contributed by atoms with E-state index >= 15 is 0 Å². The molecule has 0 aliphatic heterocycles. The van der Waals surface area contributed by atoms with Crippen molar-refractivity contribution < 1.29 is 9.35 Å². The molecule has 0 fully saturated rings. The van der Waals surface area contributed by atoms with Gasteiger partial charge in [0.05, 0.1) is 6.04 Å². The Balaban J connectivity index is 2.43. The SMILES string of the molecule is CCCCCCNC(=O)C(Cc1ccccc1)NCCCSO. The Morgan fingerprint density at radius 1 is 1.13 bits per heavy atom. The molecule has 0 spiro atoms. The summed E-state index contributed by atoms with van der Waals surface area (Å²) in [5.41, 5.74) is 1.16. The predicted octanol–water partition coefficient (Wildman–Crippen LogP) is 3.48. The van der Waals surface area contributed by atoms with E-state index in [1.54, 1.807) is 0 Å². The highest BCUT2D eigenvalue weighted by Gasteiger charge is 2.17. The molecule has 0 saturated carbocycles. The Bertz CT molecular complexity index is 415. The van der Waals surface area contributed by atoms with Gasteiger partial charge in [-0.2, -0.15) is 0 Å². The lowest BCUT2D eigenvalue weighted by molar-refractivity contribution is -0.123. The van der Waals surface area contributed by atoms with Crippen molar-refractivity contribution in [2.24, 2.45) is 0 Å². The molecule has 0 aliphatic rings. The molecule has 0 heterocycles. The second-order valence-corrected chi connectivity index (χ2v) is 6.40. The fourth-order valence-electron chi connectivity index (χ4n) is 2.41. The molecule has 1 atom stereocenters. The van der Waals surface area contributed by atoms with E-state index < -0.39 is 0 Å². The summed E-state index contributed by atoms with van der Waals surface area (Å²) in [4.78, 5) is 12.4. The molecule has 0 saturated heterocycles. The van der Waals surface area contributed by atoms with Gasteiger partial charge in [-0.25, -0.2) is 0 Å². The van der Waals surface area contributed by atoms with E-state index in [0.29, 0.717) is 12.2 Å². The van der Waals surface area contributed by atoms with Crippen LogP contribution in [-0.4, -0.2) is 35.3 Å². The number of hydrogen-bond donors (Lipinski definition) is 3. The van der Waals surface area contributed by atoms with Gasteiger partial charge in [-0.1, -0.05) is 56.5 Å². The molecule has 1 aromatic carbocycles. The summed E-state index contributed by atoms with van der Waals surface area (Å²) in [7, 11) is 0. The van der Waals surface area contributed by atoms with E-state index in [1.807, 2.05) is 30.3 Å². The highest BCUT2D eigenvalue weighted by molar-refractivity contribution is 7.93. The second kappa shape index (κ2) is 13.4. The van der Waals surface area contributed by atoms with Crippen molar-refractivity contribution in [1.82, 2.24) is 10.6 Å². The largest absolute Gasteiger partial charge is 0.355 e. The third kappa shape index (κ3) is 9.64. The van der Waals surface area contributed by atoms with Crippen LogP contribution in [-0.2, 0) is 11.2 Å². The van der Waals surface area contributed by atoms with Crippen LogP contribution in [0.5, 0.6) is 0 Å². The molecule has 4 nitrogen and oxygen atoms in total. The number of benzene rings is 1. The first-order valence-electron chi connectivity index (χ1n) is 8.59. The van der Waals surface area contributed by atoms with Crippen molar-refractivity contribution in [3.05, 3.63) is 35.9 Å². The van der Waals surface area contributed by atoms with Gasteiger partial charge in [0.1, 0.15) is 0 Å². The summed E-state index contributed by atoms with van der Waals surface area (Å²) >= 11 is 0.847. The Morgan fingerprint density at radius 2 is 1.91 bits per heavy atom. The summed E-state index contributed by atoms with van der Waals surface area (Å²) in [5, 5.41) is 6.37. The van der Waals surface area contributed by atoms with E-state index in [0.717, 1.165) is 43.5 Å². The molecule has 1 rings (SSSR count). The number of carbonyl (C=O) groups excluding carboxylic acids is 1. The van der Waals surface area contributed by atoms with E-state index in [-0.39, 0.29) is 11.9 Å². The van der Waals surface area contributed by atoms with Gasteiger partial charge in [-0.3, -0.25) is 4.79 Å². The highest BCUT2D eigenvalue weighted by Crippen LogP contribution is 2.05. The maximum Gasteiger partial charge on any atom is 0.237 e. The van der Waals surface area contributed by atoms with Crippen LogP contribution >= 0.6 is 12.0 Å². The Morgan fingerprint density at radius 3 is 2.61 bits per heavy atom. The van der Waals surface area contributed by atoms with E-state index in [4.69, 9.17) is 4.55 Å². The van der Waals surface area contributed by atoms with Crippen LogP contribution in [0.15, 0.2) is 30.3 Å². The van der Waals surface area contributed by atoms with Gasteiger partial charge in [0.25, 0.3) is 0 Å². The first-order valence-corrected chi connectivity index (χ1v) is 9.53. The molecular weight excluding hydrogens is 308 g/mol. The maximum atomic E-state index is 12.4. The minimum Gasteiger partial charge on any atom is -0.355 e. The first-order chi connectivity index (χ1) is 11.3. The van der Waals surface area contributed by atoms with Crippen molar-refractivity contribution in [1.29, 1.82) is 0 Å². The fraction of sp³-hybridized carbons (Fsp3) is 0.611. The summed E-state index contributed by atoms with van der Waals surface area (Å²) in [6.07, 6.45) is 6.17. The fourth-order valence-corrected chi connectivity index (χ4v) is 2.68. The summed E-state index contributed by atoms with van der Waals surface area (Å²) < 4.78 is 8.77. The van der Waals surface area contributed by atoms with Crippen molar-refractivity contribution in [2.75, 3.05) is 18.8 Å². The van der Waals surface area contributed by atoms with Crippen LogP contribution in [0, 0.1) is 0 Å². The summed E-state index contributed by atoms with van der Waals surface area (Å²) in [5.74, 6) is 0.756. The smallest absolute Gasteiger partial charge is 0.237 e. The zero-order chi connectivity index (χ0) is 16.8. The molecule has 1 aromatic rings. The van der Waals surface area contributed by atoms with Crippen molar-refractivity contribution in [3.8, 4) is 0 Å². The minimum atomic E-state index is -0.215. The summed E-state index contributed by atoms with van der Waals surface area (Å²) in [6, 6.07) is 9.86. The van der Waals surface area contributed by atoms with Crippen molar-refractivity contribution in [2.45, 2.75) is 51.5 Å². The number of amides is 1. The quantitative estimate of drug-likeness (QED) is 0.381. The molecule has 23 heavy (non-hydrogen) atoms. The normalized spacial score (nSPS) is 12.1. The number of carbonyl (C=O) groups is 1. The van der Waals surface area contributed by atoms with Crippen LogP contribution in [0.1, 0.15) is 44.6 Å². The van der Waals surface area contributed by atoms with Gasteiger partial charge in [-0.05, 0) is 43.4 Å². The van der Waals surface area contributed by atoms with Crippen LogP contribution in [0.4, 0.5) is 0 Å². The van der Waals surface area contributed by atoms with E-state index in [2.05, 4.69) is 17.6 Å². The summed E-state index contributed by atoms with van der Waals surface area (Å²) in [6.45, 7) is 3.66. The Labute approximate surface area is 144 Å². The number of hydrogen-bond acceptors (Lipinski definition) is 4. The van der Waals surface area contributed by atoms with E-state index in [1.165, 1.54) is 19.3 Å². The van der Waals surface area contributed by atoms with Gasteiger partial charge in [0.15, 0.2) is 0 Å². The number of nitrogens with one attached hydrogen (secondary N) is 2. The molecule has 0 aromatic heterocycles. The third-order valence-corrected chi connectivity index (χ3v) is 4.20. The lowest BCUT2D eigenvalue weighted by Crippen LogP contribution is -2.46. The third-order valence-electron chi connectivity index (χ3n) is 3.73. The molecule has 0 aliphatic carbocycles. The maximum absolute atomic E-state index is 12.4. The molecule has 130 valence electrons. The van der Waals surface area contributed by atoms with E-state index in [9.17, 15) is 4.79 Å². The van der Waals surface area contributed by atoms with Crippen LogP contribution in [0.25, 0.3) is 0 Å². The average molecular weight is 339 g/mol. The Hall–Kier alpha value is -1.04. The topological polar surface area (TPSA) is 61.4 Å². The second-order valence-electron chi connectivity index (χ2n) is 5.73. The average Bonchev–Trinajstić information content (AvgIpc) is 2.58. The number of rotatable bonds is 13.